The Labute approximate surface area is 153 Å². The molecular formula is C19H24N4O3. The van der Waals surface area contributed by atoms with Crippen molar-refractivity contribution in [2.45, 2.75) is 26.7 Å². The summed E-state index contributed by atoms with van der Waals surface area (Å²) in [6, 6.07) is 7.09. The molecule has 7 heteroatoms. The maximum Gasteiger partial charge on any atom is 0.262 e. The predicted molar refractivity (Wildman–Crippen MR) is 100 cm³/mol. The van der Waals surface area contributed by atoms with Crippen LogP contribution in [0.4, 0.5) is 11.6 Å². The number of amides is 1. The van der Waals surface area contributed by atoms with E-state index in [9.17, 15) is 4.79 Å². The van der Waals surface area contributed by atoms with Gasteiger partial charge in [0.05, 0.1) is 24.2 Å². The Morgan fingerprint density at radius 1 is 1.08 bits per heavy atom. The van der Waals surface area contributed by atoms with Gasteiger partial charge in [0, 0.05) is 13.1 Å². The standard InChI is InChI=1S/C19H24N4O3/c1-13-18(14(2)21-19(20-13)23-10-4-5-11-23)22-17(24)12-26-16-8-6-15(25-3)7-9-16/h6-9H,4-5,10-12H2,1-3H3,(H,22,24). The van der Waals surface area contributed by atoms with Crippen LogP contribution in [0.3, 0.4) is 0 Å². The van der Waals surface area contributed by atoms with E-state index < -0.39 is 0 Å². The van der Waals surface area contributed by atoms with Crippen molar-refractivity contribution in [3.63, 3.8) is 0 Å². The van der Waals surface area contributed by atoms with E-state index in [2.05, 4.69) is 20.2 Å². The van der Waals surface area contributed by atoms with Crippen LogP contribution < -0.4 is 19.7 Å². The lowest BCUT2D eigenvalue weighted by Gasteiger charge is -2.18. The fourth-order valence-corrected chi connectivity index (χ4v) is 2.93. The van der Waals surface area contributed by atoms with E-state index in [4.69, 9.17) is 9.47 Å². The molecule has 1 aliphatic rings. The first-order valence-corrected chi connectivity index (χ1v) is 8.73. The monoisotopic (exact) mass is 356 g/mol. The van der Waals surface area contributed by atoms with Crippen LogP contribution in [0.1, 0.15) is 24.2 Å². The number of hydrogen-bond donors (Lipinski definition) is 1. The molecule has 1 fully saturated rings. The summed E-state index contributed by atoms with van der Waals surface area (Å²) in [6.45, 7) is 5.65. The molecule has 138 valence electrons. The Morgan fingerprint density at radius 3 is 2.23 bits per heavy atom. The highest BCUT2D eigenvalue weighted by atomic mass is 16.5. The van der Waals surface area contributed by atoms with Gasteiger partial charge in [-0.2, -0.15) is 0 Å². The molecule has 2 heterocycles. The zero-order valence-electron chi connectivity index (χ0n) is 15.4. The van der Waals surface area contributed by atoms with Crippen molar-refractivity contribution in [2.24, 2.45) is 0 Å². The summed E-state index contributed by atoms with van der Waals surface area (Å²) in [7, 11) is 1.60. The molecule has 1 aromatic carbocycles. The van der Waals surface area contributed by atoms with Crippen molar-refractivity contribution in [3.05, 3.63) is 35.7 Å². The minimum atomic E-state index is -0.246. The zero-order valence-corrected chi connectivity index (χ0v) is 15.4. The van der Waals surface area contributed by atoms with Gasteiger partial charge in [-0.05, 0) is 51.0 Å². The molecule has 1 N–H and O–H groups in total. The van der Waals surface area contributed by atoms with E-state index in [1.54, 1.807) is 31.4 Å². The highest BCUT2D eigenvalue weighted by Crippen LogP contribution is 2.23. The van der Waals surface area contributed by atoms with Crippen LogP contribution in [-0.2, 0) is 4.79 Å². The number of methoxy groups -OCH3 is 1. The lowest BCUT2D eigenvalue weighted by Crippen LogP contribution is -2.24. The number of nitrogens with zero attached hydrogens (tertiary/aromatic N) is 3. The largest absolute Gasteiger partial charge is 0.497 e. The van der Waals surface area contributed by atoms with E-state index in [-0.39, 0.29) is 12.5 Å². The number of aryl methyl sites for hydroxylation is 2. The normalized spacial score (nSPS) is 13.6. The van der Waals surface area contributed by atoms with E-state index in [1.165, 1.54) is 12.8 Å². The molecule has 26 heavy (non-hydrogen) atoms. The first-order valence-electron chi connectivity index (χ1n) is 8.73. The number of anilines is 2. The number of aromatic nitrogens is 2. The van der Waals surface area contributed by atoms with Crippen molar-refractivity contribution in [3.8, 4) is 11.5 Å². The Kier molecular flexibility index (Phi) is 5.55. The maximum atomic E-state index is 12.2. The average molecular weight is 356 g/mol. The van der Waals surface area contributed by atoms with Crippen molar-refractivity contribution in [1.82, 2.24) is 9.97 Å². The Hall–Kier alpha value is -2.83. The maximum absolute atomic E-state index is 12.2. The fourth-order valence-electron chi connectivity index (χ4n) is 2.93. The molecule has 0 spiro atoms. The first-order chi connectivity index (χ1) is 12.6. The summed E-state index contributed by atoms with van der Waals surface area (Å²) in [5, 5.41) is 2.86. The number of benzene rings is 1. The third-order valence-corrected chi connectivity index (χ3v) is 4.34. The van der Waals surface area contributed by atoms with Gasteiger partial charge in [-0.15, -0.1) is 0 Å². The molecule has 0 aliphatic carbocycles. The van der Waals surface area contributed by atoms with E-state index in [0.29, 0.717) is 11.4 Å². The number of hydrogen-bond acceptors (Lipinski definition) is 6. The van der Waals surface area contributed by atoms with Crippen molar-refractivity contribution in [2.75, 3.05) is 37.0 Å². The molecule has 1 amide bonds. The topological polar surface area (TPSA) is 76.6 Å². The fraction of sp³-hybridized carbons (Fsp3) is 0.421. The highest BCUT2D eigenvalue weighted by Gasteiger charge is 2.18. The minimum absolute atomic E-state index is 0.0842. The lowest BCUT2D eigenvalue weighted by molar-refractivity contribution is -0.118. The molecular weight excluding hydrogens is 332 g/mol. The van der Waals surface area contributed by atoms with Crippen LogP contribution in [0.15, 0.2) is 24.3 Å². The second-order valence-corrected chi connectivity index (χ2v) is 6.28. The molecule has 1 aromatic heterocycles. The van der Waals surface area contributed by atoms with Crippen molar-refractivity contribution < 1.29 is 14.3 Å². The molecule has 1 aliphatic heterocycles. The summed E-state index contributed by atoms with van der Waals surface area (Å²) in [5.74, 6) is 1.84. The van der Waals surface area contributed by atoms with Gasteiger partial charge in [0.25, 0.3) is 5.91 Å². The second kappa shape index (κ2) is 8.03. The number of carbonyl (C=O) groups excluding carboxylic acids is 1. The van der Waals surface area contributed by atoms with Crippen LogP contribution in [0.25, 0.3) is 0 Å². The summed E-state index contributed by atoms with van der Waals surface area (Å²) < 4.78 is 10.6. The summed E-state index contributed by atoms with van der Waals surface area (Å²) >= 11 is 0. The molecule has 3 rings (SSSR count). The molecule has 7 nitrogen and oxygen atoms in total. The van der Waals surface area contributed by atoms with Gasteiger partial charge >= 0.3 is 0 Å². The van der Waals surface area contributed by atoms with Crippen LogP contribution in [0, 0.1) is 13.8 Å². The summed E-state index contributed by atoms with van der Waals surface area (Å²) in [5.41, 5.74) is 2.17. The third kappa shape index (κ3) is 4.22. The van der Waals surface area contributed by atoms with Crippen molar-refractivity contribution >= 4 is 17.5 Å². The molecule has 0 saturated carbocycles. The molecule has 0 atom stereocenters. The molecule has 0 bridgehead atoms. The predicted octanol–water partition coefficient (Wildman–Crippen LogP) is 2.72. The second-order valence-electron chi connectivity index (χ2n) is 6.28. The summed E-state index contributed by atoms with van der Waals surface area (Å²) in [4.78, 5) is 23.5. The van der Waals surface area contributed by atoms with E-state index in [1.807, 2.05) is 13.8 Å². The van der Waals surface area contributed by atoms with Crippen LogP contribution >= 0.6 is 0 Å². The zero-order chi connectivity index (χ0) is 18.5. The van der Waals surface area contributed by atoms with Gasteiger partial charge < -0.3 is 19.7 Å². The number of nitrogens with one attached hydrogen (secondary N) is 1. The first kappa shape index (κ1) is 18.0. The van der Waals surface area contributed by atoms with Crippen molar-refractivity contribution in [1.29, 1.82) is 0 Å². The highest BCUT2D eigenvalue weighted by molar-refractivity contribution is 5.93. The minimum Gasteiger partial charge on any atom is -0.497 e. The number of rotatable bonds is 6. The van der Waals surface area contributed by atoms with Gasteiger partial charge in [-0.3, -0.25) is 4.79 Å². The Balaban J connectivity index is 1.61. The lowest BCUT2D eigenvalue weighted by atomic mass is 10.3. The van der Waals surface area contributed by atoms with Gasteiger partial charge in [-0.1, -0.05) is 0 Å². The summed E-state index contributed by atoms with van der Waals surface area (Å²) in [6.07, 6.45) is 2.34. The van der Waals surface area contributed by atoms with E-state index >= 15 is 0 Å². The Morgan fingerprint density at radius 2 is 1.65 bits per heavy atom. The third-order valence-electron chi connectivity index (χ3n) is 4.34. The van der Waals surface area contributed by atoms with Gasteiger partial charge in [0.15, 0.2) is 6.61 Å². The van der Waals surface area contributed by atoms with Gasteiger partial charge in [0.1, 0.15) is 11.5 Å². The van der Waals surface area contributed by atoms with Gasteiger partial charge in [-0.25, -0.2) is 9.97 Å². The van der Waals surface area contributed by atoms with Crippen LogP contribution in [-0.4, -0.2) is 42.7 Å². The number of carbonyl (C=O) groups is 1. The molecule has 0 radical (unpaired) electrons. The SMILES string of the molecule is COc1ccc(OCC(=O)Nc2c(C)nc(N3CCCC3)nc2C)cc1. The number of ether oxygens (including phenoxy) is 2. The van der Waals surface area contributed by atoms with E-state index in [0.717, 1.165) is 36.2 Å². The molecule has 0 unspecified atom stereocenters. The quantitative estimate of drug-likeness (QED) is 0.858. The van der Waals surface area contributed by atoms with Crippen LogP contribution in [0.5, 0.6) is 11.5 Å². The molecule has 1 saturated heterocycles. The Bertz CT molecular complexity index is 748. The molecule has 2 aromatic rings. The average Bonchev–Trinajstić information content (AvgIpc) is 3.18. The smallest absolute Gasteiger partial charge is 0.262 e. The van der Waals surface area contributed by atoms with Gasteiger partial charge in [0.2, 0.25) is 5.95 Å². The van der Waals surface area contributed by atoms with Crippen LogP contribution in [0.2, 0.25) is 0 Å².